The van der Waals surface area contributed by atoms with Gasteiger partial charge in [-0.1, -0.05) is 156 Å². The Kier molecular flexibility index (Phi) is 40.3. The molecule has 0 amide bonds. The minimum absolute atomic E-state index is 0.0294. The Balaban J connectivity index is 4.53. The van der Waals surface area contributed by atoms with E-state index in [2.05, 4.69) is 79.1 Å². The summed E-state index contributed by atoms with van der Waals surface area (Å²) in [6.45, 7) is 2.01. The molecule has 4 N–H and O–H groups in total. The zero-order valence-electron chi connectivity index (χ0n) is 36.7. The summed E-state index contributed by atoms with van der Waals surface area (Å²) in [6, 6.07) is 0. The third-order valence-electron chi connectivity index (χ3n) is 8.82. The van der Waals surface area contributed by atoms with Crippen LogP contribution in [0.3, 0.4) is 0 Å². The molecule has 0 fully saturated rings. The van der Waals surface area contributed by atoms with E-state index in [-0.39, 0.29) is 19.4 Å². The predicted molar refractivity (Wildman–Crippen MR) is 243 cm³/mol. The Morgan fingerprint density at radius 1 is 0.583 bits per heavy atom. The van der Waals surface area contributed by atoms with Crippen molar-refractivity contribution in [2.24, 2.45) is 0 Å². The van der Waals surface area contributed by atoms with Crippen LogP contribution in [0, 0.1) is 0 Å². The molecule has 0 aliphatic heterocycles. The molecular formula is C48H79O11P. The SMILES string of the molecule is CC/C=C\C/C=C\C/C=C\C/C=C\C=C/C(O)C/C=C\CCC(=O)O[C@H](COC(=O)CCCCCCCCC/C=C\C/C=C\CCCCC)COP(=O)(O)OC[C@@H](O)CO. The quantitative estimate of drug-likeness (QED) is 0.0152. The van der Waals surface area contributed by atoms with Gasteiger partial charge in [-0.2, -0.15) is 0 Å². The number of allylic oxidation sites excluding steroid dienone is 14. The van der Waals surface area contributed by atoms with Crippen LogP contribution in [0.1, 0.15) is 149 Å². The van der Waals surface area contributed by atoms with Gasteiger partial charge in [-0.25, -0.2) is 4.57 Å². The number of ether oxygens (including phenoxy) is 2. The highest BCUT2D eigenvalue weighted by Gasteiger charge is 2.27. The number of hydrogen-bond acceptors (Lipinski definition) is 10. The lowest BCUT2D eigenvalue weighted by molar-refractivity contribution is -0.161. The summed E-state index contributed by atoms with van der Waals surface area (Å²) in [5.41, 5.74) is 0. The summed E-state index contributed by atoms with van der Waals surface area (Å²) < 4.78 is 32.6. The number of rotatable bonds is 40. The van der Waals surface area contributed by atoms with Crippen molar-refractivity contribution in [1.29, 1.82) is 0 Å². The van der Waals surface area contributed by atoms with Gasteiger partial charge >= 0.3 is 19.8 Å². The minimum atomic E-state index is -4.68. The Morgan fingerprint density at radius 3 is 1.77 bits per heavy atom. The summed E-state index contributed by atoms with van der Waals surface area (Å²) in [5, 5.41) is 28.6. The molecule has 0 aliphatic rings. The van der Waals surface area contributed by atoms with Crippen molar-refractivity contribution in [3.8, 4) is 0 Å². The highest BCUT2D eigenvalue weighted by Crippen LogP contribution is 2.43. The van der Waals surface area contributed by atoms with E-state index in [4.69, 9.17) is 19.1 Å². The van der Waals surface area contributed by atoms with Gasteiger partial charge < -0.3 is 29.7 Å². The van der Waals surface area contributed by atoms with Crippen LogP contribution >= 0.6 is 7.82 Å². The molecule has 0 heterocycles. The Hall–Kier alpha value is -3.15. The van der Waals surface area contributed by atoms with Crippen molar-refractivity contribution in [2.75, 3.05) is 26.4 Å². The molecule has 12 heteroatoms. The number of phosphoric ester groups is 1. The van der Waals surface area contributed by atoms with Gasteiger partial charge in [0.2, 0.25) is 0 Å². The first kappa shape index (κ1) is 56.9. The first-order chi connectivity index (χ1) is 29.1. The number of unbranched alkanes of at least 4 members (excludes halogenated alkanes) is 10. The highest BCUT2D eigenvalue weighted by molar-refractivity contribution is 7.47. The molecule has 2 unspecified atom stereocenters. The summed E-state index contributed by atoms with van der Waals surface area (Å²) in [7, 11) is -4.68. The van der Waals surface area contributed by atoms with Crippen molar-refractivity contribution in [1.82, 2.24) is 0 Å². The van der Waals surface area contributed by atoms with Crippen molar-refractivity contribution in [2.45, 2.75) is 167 Å². The molecule has 60 heavy (non-hydrogen) atoms. The number of phosphoric acid groups is 1. The molecule has 0 saturated heterocycles. The Bertz CT molecular complexity index is 1330. The van der Waals surface area contributed by atoms with Gasteiger partial charge in [0, 0.05) is 12.8 Å². The van der Waals surface area contributed by atoms with Crippen molar-refractivity contribution >= 4 is 19.8 Å². The molecule has 0 saturated carbocycles. The molecular weight excluding hydrogens is 783 g/mol. The molecule has 0 bridgehead atoms. The second-order valence-corrected chi connectivity index (χ2v) is 16.0. The fraction of sp³-hybridized carbons (Fsp3) is 0.625. The number of esters is 2. The summed E-state index contributed by atoms with van der Waals surface area (Å²) >= 11 is 0. The molecule has 0 spiro atoms. The van der Waals surface area contributed by atoms with E-state index in [1.54, 1.807) is 24.3 Å². The van der Waals surface area contributed by atoms with Crippen LogP contribution in [0.2, 0.25) is 0 Å². The molecule has 0 radical (unpaired) electrons. The van der Waals surface area contributed by atoms with Gasteiger partial charge in [0.25, 0.3) is 0 Å². The Labute approximate surface area is 362 Å². The molecule has 342 valence electrons. The lowest BCUT2D eigenvalue weighted by atomic mass is 10.1. The normalized spacial score (nSPS) is 15.2. The van der Waals surface area contributed by atoms with Gasteiger partial charge in [-0.15, -0.1) is 0 Å². The topological polar surface area (TPSA) is 169 Å². The lowest BCUT2D eigenvalue weighted by Crippen LogP contribution is -2.29. The fourth-order valence-corrected chi connectivity index (χ4v) is 6.16. The summed E-state index contributed by atoms with van der Waals surface area (Å²) in [4.78, 5) is 35.0. The van der Waals surface area contributed by atoms with Gasteiger partial charge in [0.1, 0.15) is 12.7 Å². The number of carbonyl (C=O) groups excluding carboxylic acids is 2. The third-order valence-corrected chi connectivity index (χ3v) is 9.77. The fourth-order valence-electron chi connectivity index (χ4n) is 5.37. The third kappa shape index (κ3) is 41.6. The van der Waals surface area contributed by atoms with Gasteiger partial charge in [-0.05, 0) is 77.0 Å². The van der Waals surface area contributed by atoms with Crippen molar-refractivity contribution in [3.63, 3.8) is 0 Å². The maximum atomic E-state index is 12.6. The maximum Gasteiger partial charge on any atom is 0.472 e. The average molecular weight is 863 g/mol. The highest BCUT2D eigenvalue weighted by atomic mass is 31.2. The van der Waals surface area contributed by atoms with Crippen LogP contribution in [0.4, 0.5) is 0 Å². The molecule has 0 aromatic heterocycles. The predicted octanol–water partition coefficient (Wildman–Crippen LogP) is 11.0. The number of hydrogen-bond donors (Lipinski definition) is 4. The number of aliphatic hydroxyl groups is 3. The summed E-state index contributed by atoms with van der Waals surface area (Å²) in [6.07, 6.45) is 48.3. The van der Waals surface area contributed by atoms with E-state index in [0.29, 0.717) is 19.3 Å². The smallest absolute Gasteiger partial charge is 0.462 e. The van der Waals surface area contributed by atoms with E-state index in [1.165, 1.54) is 38.5 Å². The van der Waals surface area contributed by atoms with E-state index in [0.717, 1.165) is 64.2 Å². The number of carbonyl (C=O) groups is 2. The zero-order valence-corrected chi connectivity index (χ0v) is 37.6. The largest absolute Gasteiger partial charge is 0.472 e. The average Bonchev–Trinajstić information content (AvgIpc) is 3.23. The number of aliphatic hydroxyl groups excluding tert-OH is 3. The second kappa shape index (κ2) is 42.5. The van der Waals surface area contributed by atoms with Crippen LogP contribution in [0.15, 0.2) is 97.2 Å². The molecule has 0 aromatic rings. The monoisotopic (exact) mass is 863 g/mol. The van der Waals surface area contributed by atoms with Crippen molar-refractivity contribution in [3.05, 3.63) is 97.2 Å². The van der Waals surface area contributed by atoms with Gasteiger partial charge in [0.05, 0.1) is 25.9 Å². The minimum Gasteiger partial charge on any atom is -0.462 e. The standard InChI is InChI=1S/C48H79O11P/c1-3-5-7-9-11-13-15-17-18-19-20-22-24-26-28-30-34-38-47(52)56-42-46(43-58-60(54,55)57-41-45(51)40-49)59-48(53)39-35-31-33-37-44(50)36-32-29-27-25-23-21-16-14-12-10-8-6-4-2/h6,8,11-14,17-18,21,23,27,29,31-33,36,44-46,49-51H,3-5,7,9-10,15-16,19-20,22,24-26,28,30,34-35,37-43H2,1-2H3,(H,54,55)/b8-6-,13-11-,14-12-,18-17-,23-21-,29-27-,33-31-,36-32-/t44?,45-,46+/m0/s1. The van der Waals surface area contributed by atoms with E-state index in [9.17, 15) is 29.3 Å². The maximum absolute atomic E-state index is 12.6. The van der Waals surface area contributed by atoms with Crippen LogP contribution < -0.4 is 0 Å². The van der Waals surface area contributed by atoms with Crippen molar-refractivity contribution < 1.29 is 52.9 Å². The molecule has 0 aliphatic carbocycles. The van der Waals surface area contributed by atoms with Crippen LogP contribution in [0.5, 0.6) is 0 Å². The first-order valence-corrected chi connectivity index (χ1v) is 23.8. The Morgan fingerprint density at radius 2 is 1.13 bits per heavy atom. The molecule has 11 nitrogen and oxygen atoms in total. The van der Waals surface area contributed by atoms with Crippen LogP contribution in [0.25, 0.3) is 0 Å². The van der Waals surface area contributed by atoms with Crippen LogP contribution in [-0.4, -0.2) is 76.9 Å². The van der Waals surface area contributed by atoms with Crippen LogP contribution in [-0.2, 0) is 32.7 Å². The zero-order chi connectivity index (χ0) is 44.2. The van der Waals surface area contributed by atoms with E-state index >= 15 is 0 Å². The lowest BCUT2D eigenvalue weighted by Gasteiger charge is -2.20. The second-order valence-electron chi connectivity index (χ2n) is 14.5. The van der Waals surface area contributed by atoms with E-state index in [1.807, 2.05) is 12.2 Å². The molecule has 4 atom stereocenters. The van der Waals surface area contributed by atoms with Gasteiger partial charge in [0.15, 0.2) is 6.10 Å². The first-order valence-electron chi connectivity index (χ1n) is 22.3. The van der Waals surface area contributed by atoms with Gasteiger partial charge in [-0.3, -0.25) is 18.6 Å². The van der Waals surface area contributed by atoms with E-state index < -0.39 is 57.9 Å². The summed E-state index contributed by atoms with van der Waals surface area (Å²) in [5.74, 6) is -1.12. The molecule has 0 aromatic carbocycles. The molecule has 0 rings (SSSR count).